The summed E-state index contributed by atoms with van der Waals surface area (Å²) in [5.74, 6) is 0.284. The van der Waals surface area contributed by atoms with Crippen LogP contribution in [-0.4, -0.2) is 70.1 Å². The normalized spacial score (nSPS) is 14.4. The molecule has 1 aliphatic rings. The van der Waals surface area contributed by atoms with Crippen LogP contribution in [0, 0.1) is 0 Å². The Balaban J connectivity index is 1.98. The molecule has 1 saturated heterocycles. The van der Waals surface area contributed by atoms with Gasteiger partial charge in [0.2, 0.25) is 5.95 Å². The molecule has 224 valence electrons. The van der Waals surface area contributed by atoms with Crippen LogP contribution < -0.4 is 15.5 Å². The van der Waals surface area contributed by atoms with Gasteiger partial charge in [0.1, 0.15) is 28.6 Å². The summed E-state index contributed by atoms with van der Waals surface area (Å²) in [6.07, 6.45) is -5.27. The highest BCUT2D eigenvalue weighted by atomic mass is 35.5. The van der Waals surface area contributed by atoms with E-state index in [1.807, 2.05) is 23.6 Å². The molecule has 3 aromatic heterocycles. The van der Waals surface area contributed by atoms with Crippen LogP contribution >= 0.6 is 11.6 Å². The second-order valence-corrected chi connectivity index (χ2v) is 10.3. The van der Waals surface area contributed by atoms with Gasteiger partial charge in [-0.3, -0.25) is 9.88 Å². The van der Waals surface area contributed by atoms with E-state index < -0.39 is 40.1 Å². The molecule has 0 amide bonds. The van der Waals surface area contributed by atoms with Gasteiger partial charge in [-0.05, 0) is 32.5 Å². The Bertz CT molecular complexity index is 1380. The molecule has 14 heteroatoms. The number of aromatic nitrogens is 4. The summed E-state index contributed by atoms with van der Waals surface area (Å²) < 4.78 is 71.9. The van der Waals surface area contributed by atoms with E-state index >= 15 is 0 Å². The summed E-state index contributed by atoms with van der Waals surface area (Å²) in [4.78, 5) is 23.3. The quantitative estimate of drug-likeness (QED) is 0.252. The summed E-state index contributed by atoms with van der Waals surface area (Å²) in [5, 5.41) is -0.541. The van der Waals surface area contributed by atoms with Crippen LogP contribution in [0.5, 0.6) is 0 Å². The molecule has 0 bridgehead atoms. The predicted octanol–water partition coefficient (Wildman–Crippen LogP) is 6.44. The molecule has 0 aliphatic carbocycles. The number of likely N-dealkylation sites (N-methyl/N-ethyl adjacent to an activating group) is 1. The molecule has 0 saturated carbocycles. The van der Waals surface area contributed by atoms with Gasteiger partial charge in [0, 0.05) is 38.4 Å². The van der Waals surface area contributed by atoms with Gasteiger partial charge in [-0.2, -0.15) is 18.2 Å². The highest BCUT2D eigenvalue weighted by Gasteiger charge is 2.40. The first-order chi connectivity index (χ1) is 19.4. The number of hydrogen-bond acceptors (Lipinski definition) is 8. The van der Waals surface area contributed by atoms with E-state index in [1.165, 1.54) is 6.20 Å². The standard InChI is InChI=1S/C27H34ClF5N8/c1-5-9-10-40(8-4)25-16-12-35-22(23-20(27(31,32)33)17(28)11-18(34)36-23)19(24(29)30)21(16)37-26(38-25)41-13-15(14-41)39(6-2)7-3/h11-12,15,24H,5-10,13-14H2,1-4H3,(H2,34,36). The van der Waals surface area contributed by atoms with Crippen molar-refractivity contribution >= 4 is 40.1 Å². The minimum absolute atomic E-state index is 0.181. The highest BCUT2D eigenvalue weighted by molar-refractivity contribution is 6.32. The fraction of sp³-hybridized carbons (Fsp3) is 0.556. The number of hydrogen-bond donors (Lipinski definition) is 1. The molecule has 8 nitrogen and oxygen atoms in total. The minimum atomic E-state index is -5.00. The molecule has 0 spiro atoms. The fourth-order valence-electron chi connectivity index (χ4n) is 5.18. The zero-order valence-corrected chi connectivity index (χ0v) is 24.2. The van der Waals surface area contributed by atoms with Crippen molar-refractivity contribution < 1.29 is 22.0 Å². The van der Waals surface area contributed by atoms with Gasteiger partial charge in [0.15, 0.2) is 0 Å². The number of unbranched alkanes of at least 4 members (excludes halogenated alkanes) is 1. The number of pyridine rings is 2. The molecule has 1 aliphatic heterocycles. The lowest BCUT2D eigenvalue weighted by Gasteiger charge is -2.45. The van der Waals surface area contributed by atoms with Crippen molar-refractivity contribution in [3.8, 4) is 11.4 Å². The SMILES string of the molecule is CCCCN(CC)c1nc(N2CC(N(CC)CC)C2)nc2c(C(F)F)c(-c3nc(N)cc(Cl)c3C(F)(F)F)ncc12. The average Bonchev–Trinajstić information content (AvgIpc) is 2.88. The molecule has 4 heterocycles. The van der Waals surface area contributed by atoms with Gasteiger partial charge < -0.3 is 15.5 Å². The molecule has 0 unspecified atom stereocenters. The molecular weight excluding hydrogens is 567 g/mol. The number of anilines is 3. The number of nitrogens with zero attached hydrogens (tertiary/aromatic N) is 7. The maximum absolute atomic E-state index is 14.9. The zero-order valence-electron chi connectivity index (χ0n) is 23.4. The third kappa shape index (κ3) is 6.11. The summed E-state index contributed by atoms with van der Waals surface area (Å²) >= 11 is 5.91. The second kappa shape index (κ2) is 12.4. The molecule has 0 atom stereocenters. The first kappa shape index (κ1) is 30.9. The molecule has 0 radical (unpaired) electrons. The molecule has 4 rings (SSSR count). The second-order valence-electron chi connectivity index (χ2n) is 9.89. The van der Waals surface area contributed by atoms with Gasteiger partial charge in [-0.15, -0.1) is 0 Å². The van der Waals surface area contributed by atoms with E-state index in [0.717, 1.165) is 32.0 Å². The number of nitrogen functional groups attached to an aromatic ring is 1. The van der Waals surface area contributed by atoms with E-state index in [4.69, 9.17) is 22.3 Å². The van der Waals surface area contributed by atoms with Crippen LogP contribution in [0.15, 0.2) is 12.3 Å². The lowest BCUT2D eigenvalue weighted by Crippen LogP contribution is -2.60. The Labute approximate surface area is 240 Å². The zero-order chi connectivity index (χ0) is 30.1. The van der Waals surface area contributed by atoms with Crippen molar-refractivity contribution in [3.63, 3.8) is 0 Å². The van der Waals surface area contributed by atoms with Crippen molar-refractivity contribution in [2.24, 2.45) is 0 Å². The molecular formula is C27H34ClF5N8. The molecule has 1 fully saturated rings. The Morgan fingerprint density at radius 1 is 1.05 bits per heavy atom. The Morgan fingerprint density at radius 2 is 1.73 bits per heavy atom. The molecule has 41 heavy (non-hydrogen) atoms. The van der Waals surface area contributed by atoms with E-state index in [-0.39, 0.29) is 28.7 Å². The largest absolute Gasteiger partial charge is 0.420 e. The summed E-state index contributed by atoms with van der Waals surface area (Å²) in [5.41, 5.74) is 1.81. The highest BCUT2D eigenvalue weighted by Crippen LogP contribution is 2.45. The number of fused-ring (bicyclic) bond motifs is 1. The van der Waals surface area contributed by atoms with Crippen LogP contribution in [0.2, 0.25) is 5.02 Å². The van der Waals surface area contributed by atoms with Gasteiger partial charge in [-0.1, -0.05) is 38.8 Å². The molecule has 2 N–H and O–H groups in total. The Hall–Kier alpha value is -3.06. The van der Waals surface area contributed by atoms with Crippen LogP contribution in [0.3, 0.4) is 0 Å². The van der Waals surface area contributed by atoms with Crippen LogP contribution in [0.25, 0.3) is 22.3 Å². The maximum Gasteiger partial charge on any atom is 0.420 e. The van der Waals surface area contributed by atoms with Gasteiger partial charge >= 0.3 is 6.18 Å². The minimum Gasteiger partial charge on any atom is -0.384 e. The smallest absolute Gasteiger partial charge is 0.384 e. The van der Waals surface area contributed by atoms with Crippen molar-refractivity contribution in [2.45, 2.75) is 59.2 Å². The van der Waals surface area contributed by atoms with Crippen molar-refractivity contribution in [2.75, 3.05) is 54.8 Å². The van der Waals surface area contributed by atoms with E-state index in [9.17, 15) is 22.0 Å². The van der Waals surface area contributed by atoms with E-state index in [0.29, 0.717) is 32.0 Å². The molecule has 3 aromatic rings. The topological polar surface area (TPSA) is 87.3 Å². The van der Waals surface area contributed by atoms with Crippen LogP contribution in [-0.2, 0) is 6.18 Å². The number of halogens is 6. The number of nitrogens with two attached hydrogens (primary N) is 1. The van der Waals surface area contributed by atoms with Crippen LogP contribution in [0.4, 0.5) is 39.5 Å². The van der Waals surface area contributed by atoms with Crippen molar-refractivity contribution in [1.29, 1.82) is 0 Å². The van der Waals surface area contributed by atoms with Gasteiger partial charge in [0.05, 0.1) is 21.5 Å². The third-order valence-electron chi connectivity index (χ3n) is 7.40. The first-order valence-electron chi connectivity index (χ1n) is 13.7. The molecule has 0 aromatic carbocycles. The summed E-state index contributed by atoms with van der Waals surface area (Å²) in [6.45, 7) is 12.2. The monoisotopic (exact) mass is 600 g/mol. The maximum atomic E-state index is 14.9. The van der Waals surface area contributed by atoms with E-state index in [2.05, 4.69) is 33.7 Å². The van der Waals surface area contributed by atoms with Crippen molar-refractivity contribution in [3.05, 3.63) is 28.4 Å². The predicted molar refractivity (Wildman–Crippen MR) is 152 cm³/mol. The number of alkyl halides is 5. The third-order valence-corrected chi connectivity index (χ3v) is 7.70. The van der Waals surface area contributed by atoms with E-state index in [1.54, 1.807) is 0 Å². The van der Waals surface area contributed by atoms with Gasteiger partial charge in [0.25, 0.3) is 6.43 Å². The number of rotatable bonds is 11. The Kier molecular flexibility index (Phi) is 9.37. The Morgan fingerprint density at radius 3 is 2.29 bits per heavy atom. The first-order valence-corrected chi connectivity index (χ1v) is 14.1. The lowest BCUT2D eigenvalue weighted by atomic mass is 10.0. The fourth-order valence-corrected chi connectivity index (χ4v) is 5.49. The summed E-state index contributed by atoms with van der Waals surface area (Å²) in [7, 11) is 0. The van der Waals surface area contributed by atoms with Gasteiger partial charge in [-0.25, -0.2) is 18.7 Å². The average molecular weight is 601 g/mol. The lowest BCUT2D eigenvalue weighted by molar-refractivity contribution is -0.137. The van der Waals surface area contributed by atoms with Crippen molar-refractivity contribution in [1.82, 2.24) is 24.8 Å². The summed E-state index contributed by atoms with van der Waals surface area (Å²) in [6, 6.07) is 1.09. The van der Waals surface area contributed by atoms with Crippen LogP contribution in [0.1, 0.15) is 58.1 Å².